The predicted octanol–water partition coefficient (Wildman–Crippen LogP) is 8.82. The van der Waals surface area contributed by atoms with Gasteiger partial charge in [0.2, 0.25) is 5.95 Å². The fraction of sp³-hybridized carbons (Fsp3) is 0.0571. The second-order valence-corrected chi connectivity index (χ2v) is 10.3. The summed E-state index contributed by atoms with van der Waals surface area (Å²) >= 11 is 0. The van der Waals surface area contributed by atoms with Gasteiger partial charge in [0, 0.05) is 38.7 Å². The Hall–Kier alpha value is -5.29. The molecule has 8 rings (SSSR count). The number of aryl methyl sites for hydroxylation is 2. The third-order valence-electron chi connectivity index (χ3n) is 7.55. The molecule has 0 atom stereocenters. The van der Waals surface area contributed by atoms with Gasteiger partial charge in [-0.1, -0.05) is 83.9 Å². The van der Waals surface area contributed by atoms with Gasteiger partial charge in [0.25, 0.3) is 0 Å². The van der Waals surface area contributed by atoms with Crippen molar-refractivity contribution in [3.05, 3.63) is 120 Å². The van der Waals surface area contributed by atoms with Gasteiger partial charge in [0.05, 0.1) is 11.0 Å². The minimum Gasteiger partial charge on any atom is -0.456 e. The van der Waals surface area contributed by atoms with Crippen LogP contribution in [-0.2, 0) is 0 Å². The van der Waals surface area contributed by atoms with E-state index < -0.39 is 0 Å². The number of hydrogen-bond donors (Lipinski definition) is 0. The molecule has 0 aliphatic rings. The molecule has 5 aromatic carbocycles. The highest BCUT2D eigenvalue weighted by Gasteiger charge is 2.20. The summed E-state index contributed by atoms with van der Waals surface area (Å²) in [6.07, 6.45) is 0. The monoisotopic (exact) mass is 516 g/mol. The van der Waals surface area contributed by atoms with E-state index in [-0.39, 0.29) is 0 Å². The summed E-state index contributed by atoms with van der Waals surface area (Å²) in [5.74, 6) is 1.83. The summed E-state index contributed by atoms with van der Waals surface area (Å²) in [6, 6.07) is 37.4. The lowest BCUT2D eigenvalue weighted by Gasteiger charge is -2.11. The van der Waals surface area contributed by atoms with Gasteiger partial charge in [-0.3, -0.25) is 4.57 Å². The first-order valence-electron chi connectivity index (χ1n) is 13.4. The fourth-order valence-corrected chi connectivity index (χ4v) is 5.63. The van der Waals surface area contributed by atoms with Crippen LogP contribution in [0.2, 0.25) is 0 Å². The van der Waals surface area contributed by atoms with E-state index in [1.807, 2.05) is 60.7 Å². The molecule has 0 saturated heterocycles. The van der Waals surface area contributed by atoms with Gasteiger partial charge in [0.1, 0.15) is 11.2 Å². The second-order valence-electron chi connectivity index (χ2n) is 10.3. The van der Waals surface area contributed by atoms with Crippen molar-refractivity contribution in [2.24, 2.45) is 0 Å². The van der Waals surface area contributed by atoms with Crippen LogP contribution in [0.1, 0.15) is 11.1 Å². The Morgan fingerprint density at radius 1 is 0.500 bits per heavy atom. The van der Waals surface area contributed by atoms with Crippen LogP contribution >= 0.6 is 0 Å². The van der Waals surface area contributed by atoms with E-state index in [1.54, 1.807) is 0 Å². The van der Waals surface area contributed by atoms with E-state index in [9.17, 15) is 0 Å². The SMILES string of the molecule is Cc1ccc2oc3cc4c(cc3c2c1)c1cc(C)ccc1n4-c1nc(-c2ccccc2)nc(-c2ccccc2)n1. The smallest absolute Gasteiger partial charge is 0.238 e. The van der Waals surface area contributed by atoms with Crippen LogP contribution in [0.4, 0.5) is 0 Å². The number of benzene rings is 5. The van der Waals surface area contributed by atoms with Crippen LogP contribution in [0.25, 0.3) is 72.5 Å². The number of rotatable bonds is 3. The Morgan fingerprint density at radius 2 is 1.07 bits per heavy atom. The van der Waals surface area contributed by atoms with Crippen LogP contribution in [-0.4, -0.2) is 19.5 Å². The third kappa shape index (κ3) is 3.52. The Kier molecular flexibility index (Phi) is 4.88. The third-order valence-corrected chi connectivity index (χ3v) is 7.55. The predicted molar refractivity (Wildman–Crippen MR) is 162 cm³/mol. The number of fused-ring (bicyclic) bond motifs is 6. The first kappa shape index (κ1) is 22.7. The van der Waals surface area contributed by atoms with Gasteiger partial charge in [-0.25, -0.2) is 4.98 Å². The molecule has 8 aromatic rings. The summed E-state index contributed by atoms with van der Waals surface area (Å²) < 4.78 is 8.49. The molecular formula is C35H24N4O. The summed E-state index contributed by atoms with van der Waals surface area (Å²) in [6.45, 7) is 4.24. The lowest BCUT2D eigenvalue weighted by atomic mass is 10.1. The van der Waals surface area contributed by atoms with Crippen LogP contribution in [0.15, 0.2) is 114 Å². The molecule has 190 valence electrons. The van der Waals surface area contributed by atoms with E-state index in [0.717, 1.165) is 54.9 Å². The molecule has 3 heterocycles. The average Bonchev–Trinajstić information content (AvgIpc) is 3.50. The van der Waals surface area contributed by atoms with Crippen molar-refractivity contribution in [2.75, 3.05) is 0 Å². The van der Waals surface area contributed by atoms with Gasteiger partial charge >= 0.3 is 0 Å². The van der Waals surface area contributed by atoms with Crippen LogP contribution in [0, 0.1) is 13.8 Å². The van der Waals surface area contributed by atoms with Crippen molar-refractivity contribution >= 4 is 43.7 Å². The van der Waals surface area contributed by atoms with E-state index >= 15 is 0 Å². The molecule has 0 N–H and O–H groups in total. The zero-order valence-corrected chi connectivity index (χ0v) is 22.1. The maximum absolute atomic E-state index is 6.35. The van der Waals surface area contributed by atoms with E-state index in [2.05, 4.69) is 66.9 Å². The molecule has 0 aliphatic heterocycles. The molecule has 0 spiro atoms. The summed E-state index contributed by atoms with van der Waals surface area (Å²) in [7, 11) is 0. The Bertz CT molecular complexity index is 2170. The Balaban J connectivity index is 1.48. The van der Waals surface area contributed by atoms with Crippen LogP contribution in [0.3, 0.4) is 0 Å². The highest BCUT2D eigenvalue weighted by molar-refractivity contribution is 6.17. The summed E-state index contributed by atoms with van der Waals surface area (Å²) in [5, 5.41) is 4.53. The molecule has 5 nitrogen and oxygen atoms in total. The Morgan fingerprint density at radius 3 is 1.75 bits per heavy atom. The first-order chi connectivity index (χ1) is 19.6. The number of hydrogen-bond acceptors (Lipinski definition) is 4. The van der Waals surface area contributed by atoms with E-state index in [4.69, 9.17) is 19.4 Å². The van der Waals surface area contributed by atoms with Crippen LogP contribution < -0.4 is 0 Å². The second kappa shape index (κ2) is 8.61. The van der Waals surface area contributed by atoms with Crippen molar-refractivity contribution in [2.45, 2.75) is 13.8 Å². The lowest BCUT2D eigenvalue weighted by Crippen LogP contribution is -2.06. The van der Waals surface area contributed by atoms with Crippen molar-refractivity contribution in [1.29, 1.82) is 0 Å². The van der Waals surface area contributed by atoms with E-state index in [1.165, 1.54) is 11.1 Å². The molecule has 0 aliphatic carbocycles. The molecule has 40 heavy (non-hydrogen) atoms. The van der Waals surface area contributed by atoms with Crippen molar-refractivity contribution < 1.29 is 4.42 Å². The molecule has 0 bridgehead atoms. The summed E-state index contributed by atoms with van der Waals surface area (Å²) in [5.41, 5.74) is 8.05. The highest BCUT2D eigenvalue weighted by atomic mass is 16.3. The minimum absolute atomic E-state index is 0.572. The average molecular weight is 517 g/mol. The molecule has 0 unspecified atom stereocenters. The zero-order valence-electron chi connectivity index (χ0n) is 22.1. The molecule has 3 aromatic heterocycles. The van der Waals surface area contributed by atoms with Crippen LogP contribution in [0.5, 0.6) is 0 Å². The number of furan rings is 1. The number of nitrogens with zero attached hydrogens (tertiary/aromatic N) is 4. The standard InChI is InChI=1S/C35H24N4O/c1-21-13-15-29-25(17-21)26-19-28-27-18-22(2)14-16-31(27)40-32(28)20-30(26)39(29)35-37-33(23-9-5-3-6-10-23)36-34(38-35)24-11-7-4-8-12-24/h3-20H,1-2H3. The number of aromatic nitrogens is 4. The van der Waals surface area contributed by atoms with E-state index in [0.29, 0.717) is 17.6 Å². The highest BCUT2D eigenvalue weighted by Crippen LogP contribution is 2.38. The van der Waals surface area contributed by atoms with Gasteiger partial charge in [0.15, 0.2) is 11.6 Å². The summed E-state index contributed by atoms with van der Waals surface area (Å²) in [4.78, 5) is 15.0. The molecular weight excluding hydrogens is 492 g/mol. The fourth-order valence-electron chi connectivity index (χ4n) is 5.63. The molecule has 0 amide bonds. The van der Waals surface area contributed by atoms with Gasteiger partial charge < -0.3 is 4.42 Å². The largest absolute Gasteiger partial charge is 0.456 e. The Labute approximate surface area is 230 Å². The molecule has 0 fully saturated rings. The topological polar surface area (TPSA) is 56.7 Å². The maximum atomic E-state index is 6.35. The molecule has 5 heteroatoms. The molecule has 0 saturated carbocycles. The van der Waals surface area contributed by atoms with Crippen molar-refractivity contribution in [3.63, 3.8) is 0 Å². The van der Waals surface area contributed by atoms with Crippen molar-refractivity contribution in [1.82, 2.24) is 19.5 Å². The van der Waals surface area contributed by atoms with Crippen molar-refractivity contribution in [3.8, 4) is 28.7 Å². The quantitative estimate of drug-likeness (QED) is 0.235. The first-order valence-corrected chi connectivity index (χ1v) is 13.4. The lowest BCUT2D eigenvalue weighted by molar-refractivity contribution is 0.669. The normalized spacial score (nSPS) is 11.8. The van der Waals surface area contributed by atoms with Gasteiger partial charge in [-0.2, -0.15) is 9.97 Å². The zero-order chi connectivity index (χ0) is 26.8. The maximum Gasteiger partial charge on any atom is 0.238 e. The van der Waals surface area contributed by atoms with Gasteiger partial charge in [-0.15, -0.1) is 0 Å². The molecule has 0 radical (unpaired) electrons. The minimum atomic E-state index is 0.572. The van der Waals surface area contributed by atoms with Gasteiger partial charge in [-0.05, 0) is 44.2 Å².